The van der Waals surface area contributed by atoms with Crippen LogP contribution in [0.2, 0.25) is 0 Å². The summed E-state index contributed by atoms with van der Waals surface area (Å²) in [5.74, 6) is 0.148. The number of carbonyl (C=O) groups excluding carboxylic acids is 1. The first-order valence-corrected chi connectivity index (χ1v) is 9.73. The Labute approximate surface area is 162 Å². The zero-order chi connectivity index (χ0) is 19.1. The molecule has 3 heterocycles. The van der Waals surface area contributed by atoms with E-state index >= 15 is 0 Å². The maximum absolute atomic E-state index is 13.5. The third kappa shape index (κ3) is 3.44. The Bertz CT molecular complexity index is 918. The highest BCUT2D eigenvalue weighted by atomic mass is 79.9. The lowest BCUT2D eigenvalue weighted by Gasteiger charge is -2.26. The molecule has 0 saturated carbocycles. The monoisotopic (exact) mass is 440 g/mol. The molecule has 1 aromatic heterocycles. The number of alkyl halides is 2. The lowest BCUT2D eigenvalue weighted by Crippen LogP contribution is -2.42. The molecule has 4 rings (SSSR count). The molecule has 1 aromatic carbocycles. The molecule has 1 fully saturated rings. The van der Waals surface area contributed by atoms with E-state index in [0.29, 0.717) is 31.6 Å². The van der Waals surface area contributed by atoms with Crippen LogP contribution in [-0.4, -0.2) is 50.6 Å². The highest BCUT2D eigenvalue weighted by molar-refractivity contribution is 9.10. The van der Waals surface area contributed by atoms with Crippen LogP contribution in [0.1, 0.15) is 30.3 Å². The van der Waals surface area contributed by atoms with Crippen LogP contribution < -0.4 is 5.69 Å². The number of aryl methyl sites for hydroxylation is 1. The minimum atomic E-state index is -1.66. The zero-order valence-electron chi connectivity index (χ0n) is 14.5. The Hall–Kier alpha value is -2.03. The van der Waals surface area contributed by atoms with Crippen molar-refractivity contribution < 1.29 is 13.6 Å². The summed E-state index contributed by atoms with van der Waals surface area (Å²) in [5.41, 5.74) is 0.542. The Kier molecular flexibility index (Phi) is 4.88. The van der Waals surface area contributed by atoms with Crippen LogP contribution in [-0.2, 0) is 17.8 Å². The quantitative estimate of drug-likeness (QED) is 0.735. The Balaban J connectivity index is 1.62. The second-order valence-electron chi connectivity index (χ2n) is 7.04. The van der Waals surface area contributed by atoms with Gasteiger partial charge in [-0.2, -0.15) is 5.10 Å². The number of rotatable bonds is 3. The summed E-state index contributed by atoms with van der Waals surface area (Å²) >= 11 is 3.40. The molecule has 0 spiro atoms. The van der Waals surface area contributed by atoms with E-state index in [2.05, 4.69) is 21.0 Å². The van der Waals surface area contributed by atoms with Crippen LogP contribution >= 0.6 is 15.9 Å². The summed E-state index contributed by atoms with van der Waals surface area (Å²) in [5, 5.41) is 4.40. The lowest BCUT2D eigenvalue weighted by atomic mass is 10.0. The van der Waals surface area contributed by atoms with E-state index < -0.39 is 24.3 Å². The molecule has 2 aliphatic heterocycles. The van der Waals surface area contributed by atoms with Crippen molar-refractivity contribution in [2.45, 2.75) is 44.2 Å². The standard InChI is InChI=1S/C18H19BrF2N4O2/c19-12-4-1-3-11(7-12)8-24-18(27)25-15(5-2-6-16(25)22-24)17(26)23-9-13(20)14(21)10-23/h1,3-4,7,13-15H,2,5-6,8-10H2/t13-,14+,15-/m0/s1. The Morgan fingerprint density at radius 1 is 1.26 bits per heavy atom. The predicted octanol–water partition coefficient (Wildman–Crippen LogP) is 2.25. The minimum Gasteiger partial charge on any atom is -0.335 e. The number of amides is 1. The first kappa shape index (κ1) is 18.3. The van der Waals surface area contributed by atoms with Crippen LogP contribution in [0.25, 0.3) is 0 Å². The number of halogens is 3. The van der Waals surface area contributed by atoms with Crippen LogP contribution in [0.5, 0.6) is 0 Å². The van der Waals surface area contributed by atoms with Gasteiger partial charge < -0.3 is 4.90 Å². The van der Waals surface area contributed by atoms with Crippen LogP contribution in [0.4, 0.5) is 8.78 Å². The summed E-state index contributed by atoms with van der Waals surface area (Å²) in [4.78, 5) is 26.9. The van der Waals surface area contributed by atoms with Gasteiger partial charge in [-0.3, -0.25) is 9.36 Å². The van der Waals surface area contributed by atoms with Crippen molar-refractivity contribution in [3.8, 4) is 0 Å². The summed E-state index contributed by atoms with van der Waals surface area (Å²) in [7, 11) is 0. The zero-order valence-corrected chi connectivity index (χ0v) is 16.1. The first-order valence-electron chi connectivity index (χ1n) is 8.93. The number of benzene rings is 1. The van der Waals surface area contributed by atoms with Crippen LogP contribution in [0, 0.1) is 0 Å². The molecule has 0 unspecified atom stereocenters. The summed E-state index contributed by atoms with van der Waals surface area (Å²) < 4.78 is 30.6. The van der Waals surface area contributed by atoms with Crippen molar-refractivity contribution in [3.63, 3.8) is 0 Å². The molecule has 27 heavy (non-hydrogen) atoms. The molecule has 2 aromatic rings. The second kappa shape index (κ2) is 7.18. The van der Waals surface area contributed by atoms with Crippen molar-refractivity contribution in [3.05, 3.63) is 50.6 Å². The maximum Gasteiger partial charge on any atom is 0.346 e. The minimum absolute atomic E-state index is 0.257. The third-order valence-corrected chi connectivity index (χ3v) is 5.62. The number of hydrogen-bond donors (Lipinski definition) is 0. The SMILES string of the molecule is O=C([C@@H]1CCCc2nn(Cc3cccc(Br)c3)c(=O)n21)N1C[C@@H](F)[C@@H](F)C1. The van der Waals surface area contributed by atoms with Gasteiger partial charge in [0.25, 0.3) is 0 Å². The predicted molar refractivity (Wildman–Crippen MR) is 98.1 cm³/mol. The fraction of sp³-hybridized carbons (Fsp3) is 0.500. The fourth-order valence-corrected chi connectivity index (χ4v) is 4.24. The van der Waals surface area contributed by atoms with E-state index in [9.17, 15) is 18.4 Å². The van der Waals surface area contributed by atoms with Crippen molar-refractivity contribution >= 4 is 21.8 Å². The fourth-order valence-electron chi connectivity index (χ4n) is 3.79. The van der Waals surface area contributed by atoms with E-state index in [0.717, 1.165) is 10.0 Å². The molecule has 3 atom stereocenters. The molecule has 2 aliphatic rings. The molecule has 1 saturated heterocycles. The van der Waals surface area contributed by atoms with Crippen molar-refractivity contribution in [1.82, 2.24) is 19.2 Å². The molecule has 0 radical (unpaired) electrons. The van der Waals surface area contributed by atoms with E-state index in [-0.39, 0.29) is 18.8 Å². The second-order valence-corrected chi connectivity index (χ2v) is 7.96. The molecular weight excluding hydrogens is 422 g/mol. The average Bonchev–Trinajstić information content (AvgIpc) is 3.14. The number of likely N-dealkylation sites (tertiary alicyclic amines) is 1. The van der Waals surface area contributed by atoms with E-state index in [4.69, 9.17) is 0 Å². The normalized spacial score (nSPS) is 24.9. The van der Waals surface area contributed by atoms with Gasteiger partial charge in [0.05, 0.1) is 19.6 Å². The molecular formula is C18H19BrF2N4O2. The summed E-state index contributed by atoms with van der Waals surface area (Å²) in [6.07, 6.45) is -1.54. The molecule has 0 aliphatic carbocycles. The van der Waals surface area contributed by atoms with Crippen molar-refractivity contribution in [2.24, 2.45) is 0 Å². The van der Waals surface area contributed by atoms with Gasteiger partial charge in [-0.05, 0) is 30.5 Å². The molecule has 0 N–H and O–H groups in total. The Morgan fingerprint density at radius 2 is 2.00 bits per heavy atom. The van der Waals surface area contributed by atoms with Gasteiger partial charge >= 0.3 is 5.69 Å². The van der Waals surface area contributed by atoms with Gasteiger partial charge in [0.2, 0.25) is 5.91 Å². The third-order valence-electron chi connectivity index (χ3n) is 5.13. The number of hydrogen-bond acceptors (Lipinski definition) is 3. The lowest BCUT2D eigenvalue weighted by molar-refractivity contribution is -0.134. The maximum atomic E-state index is 13.5. The van der Waals surface area contributed by atoms with Crippen molar-refractivity contribution in [2.75, 3.05) is 13.1 Å². The van der Waals surface area contributed by atoms with Crippen LogP contribution in [0.3, 0.4) is 0 Å². The number of aromatic nitrogens is 3. The largest absolute Gasteiger partial charge is 0.346 e. The molecule has 1 amide bonds. The molecule has 9 heteroatoms. The Morgan fingerprint density at radius 3 is 2.70 bits per heavy atom. The van der Waals surface area contributed by atoms with E-state index in [1.165, 1.54) is 14.1 Å². The number of carbonyl (C=O) groups is 1. The first-order chi connectivity index (χ1) is 12.9. The summed E-state index contributed by atoms with van der Waals surface area (Å²) in [6, 6.07) is 6.83. The smallest absolute Gasteiger partial charge is 0.335 e. The molecule has 144 valence electrons. The van der Waals surface area contributed by atoms with Gasteiger partial charge in [-0.25, -0.2) is 18.3 Å². The van der Waals surface area contributed by atoms with Gasteiger partial charge in [0.1, 0.15) is 11.9 Å². The topological polar surface area (TPSA) is 60.1 Å². The van der Waals surface area contributed by atoms with Gasteiger partial charge in [-0.15, -0.1) is 0 Å². The number of fused-ring (bicyclic) bond motifs is 1. The molecule has 6 nitrogen and oxygen atoms in total. The van der Waals surface area contributed by atoms with E-state index in [1.807, 2.05) is 24.3 Å². The highest BCUT2D eigenvalue weighted by Gasteiger charge is 2.40. The average molecular weight is 441 g/mol. The summed E-state index contributed by atoms with van der Waals surface area (Å²) in [6.45, 7) is -0.221. The van der Waals surface area contributed by atoms with Crippen molar-refractivity contribution in [1.29, 1.82) is 0 Å². The van der Waals surface area contributed by atoms with Gasteiger partial charge in [0.15, 0.2) is 12.3 Å². The van der Waals surface area contributed by atoms with E-state index in [1.54, 1.807) is 0 Å². The van der Waals surface area contributed by atoms with Gasteiger partial charge in [-0.1, -0.05) is 28.1 Å². The molecule has 0 bridgehead atoms. The number of nitrogens with zero attached hydrogens (tertiary/aromatic N) is 4. The van der Waals surface area contributed by atoms with Crippen LogP contribution in [0.15, 0.2) is 33.5 Å². The highest BCUT2D eigenvalue weighted by Crippen LogP contribution is 2.27. The van der Waals surface area contributed by atoms with Gasteiger partial charge in [0, 0.05) is 10.9 Å².